The van der Waals surface area contributed by atoms with Crippen LogP contribution in [0.2, 0.25) is 0 Å². The van der Waals surface area contributed by atoms with Crippen LogP contribution in [0.3, 0.4) is 0 Å². The highest BCUT2D eigenvalue weighted by Gasteiger charge is 2.19. The first-order chi connectivity index (χ1) is 11.2. The number of anilines is 1. The molecule has 1 heterocycles. The molecule has 1 aromatic heterocycles. The van der Waals surface area contributed by atoms with Crippen molar-refractivity contribution in [2.24, 2.45) is 5.14 Å². The number of carbonyl (C=O) groups excluding carboxylic acids is 1. The third-order valence-corrected chi connectivity index (χ3v) is 5.20. The second-order valence-corrected chi connectivity index (χ2v) is 8.30. The van der Waals surface area contributed by atoms with E-state index in [4.69, 9.17) is 5.14 Å². The summed E-state index contributed by atoms with van der Waals surface area (Å²) < 4.78 is 24.3. The summed E-state index contributed by atoms with van der Waals surface area (Å²) in [5, 5.41) is 15.9. The summed E-state index contributed by atoms with van der Waals surface area (Å²) in [4.78, 5) is 12.3. The van der Waals surface area contributed by atoms with Gasteiger partial charge in [0.05, 0.1) is 10.1 Å². The molecule has 0 fully saturated rings. The monoisotopic (exact) mass is 369 g/mol. The third kappa shape index (κ3) is 4.56. The summed E-state index contributed by atoms with van der Waals surface area (Å²) >= 11 is 1.30. The van der Waals surface area contributed by atoms with E-state index < -0.39 is 15.3 Å². The molecule has 10 heteroatoms. The Morgan fingerprint density at radius 1 is 1.25 bits per heavy atom. The first-order valence-electron chi connectivity index (χ1n) is 7.18. The van der Waals surface area contributed by atoms with Crippen molar-refractivity contribution in [3.05, 3.63) is 30.6 Å². The minimum Gasteiger partial charge on any atom is -0.325 e. The molecule has 0 aliphatic carbocycles. The molecule has 0 saturated heterocycles. The number of hydrogen-bond donors (Lipinski definition) is 2. The summed E-state index contributed by atoms with van der Waals surface area (Å²) in [6, 6.07) is 5.87. The molecular formula is C14H19N5O3S2. The number of carbonyl (C=O) groups is 1. The van der Waals surface area contributed by atoms with Gasteiger partial charge in [-0.1, -0.05) is 11.8 Å². The SMILES string of the molecule is CC(C)n1cnnc1S[C@@H](C)C(=O)Nc1ccc(S(N)(=O)=O)cc1. The van der Waals surface area contributed by atoms with E-state index in [-0.39, 0.29) is 16.8 Å². The Morgan fingerprint density at radius 3 is 2.42 bits per heavy atom. The van der Waals surface area contributed by atoms with Gasteiger partial charge in [-0.25, -0.2) is 13.6 Å². The number of nitrogens with one attached hydrogen (secondary N) is 1. The zero-order valence-electron chi connectivity index (χ0n) is 13.5. The molecule has 0 spiro atoms. The maximum absolute atomic E-state index is 12.3. The standard InChI is InChI=1S/C14H19N5O3S2/c1-9(2)19-8-16-18-14(19)23-10(3)13(20)17-11-4-6-12(7-5-11)24(15,21)22/h4-10H,1-3H3,(H,17,20)(H2,15,21,22)/t10-/m0/s1. The Bertz CT molecular complexity index is 815. The minimum atomic E-state index is -3.75. The number of benzene rings is 1. The second kappa shape index (κ2) is 7.32. The molecule has 24 heavy (non-hydrogen) atoms. The molecule has 0 unspecified atom stereocenters. The quantitative estimate of drug-likeness (QED) is 0.747. The number of hydrogen-bond acceptors (Lipinski definition) is 6. The molecule has 0 aliphatic heterocycles. The summed E-state index contributed by atoms with van der Waals surface area (Å²) in [6.07, 6.45) is 1.63. The molecule has 0 saturated carbocycles. The zero-order chi connectivity index (χ0) is 17.9. The van der Waals surface area contributed by atoms with Crippen LogP contribution in [0.4, 0.5) is 5.69 Å². The van der Waals surface area contributed by atoms with Gasteiger partial charge >= 0.3 is 0 Å². The van der Waals surface area contributed by atoms with Gasteiger partial charge in [0, 0.05) is 11.7 Å². The lowest BCUT2D eigenvalue weighted by molar-refractivity contribution is -0.115. The number of thioether (sulfide) groups is 1. The highest BCUT2D eigenvalue weighted by molar-refractivity contribution is 8.00. The maximum Gasteiger partial charge on any atom is 0.238 e. The number of rotatable bonds is 6. The fourth-order valence-corrected chi connectivity index (χ4v) is 3.33. The Labute approximate surface area is 144 Å². The van der Waals surface area contributed by atoms with Gasteiger partial charge in [-0.05, 0) is 45.0 Å². The smallest absolute Gasteiger partial charge is 0.238 e. The van der Waals surface area contributed by atoms with Crippen LogP contribution in [0, 0.1) is 0 Å². The van der Waals surface area contributed by atoms with Crippen molar-refractivity contribution in [3.8, 4) is 0 Å². The number of sulfonamides is 1. The summed E-state index contributed by atoms with van der Waals surface area (Å²) in [6.45, 7) is 5.77. The van der Waals surface area contributed by atoms with Crippen molar-refractivity contribution in [2.75, 3.05) is 5.32 Å². The van der Waals surface area contributed by atoms with Crippen LogP contribution >= 0.6 is 11.8 Å². The highest BCUT2D eigenvalue weighted by Crippen LogP contribution is 2.24. The number of primary sulfonamides is 1. The maximum atomic E-state index is 12.3. The fraction of sp³-hybridized carbons (Fsp3) is 0.357. The van der Waals surface area contributed by atoms with Crippen LogP contribution in [-0.4, -0.2) is 34.3 Å². The van der Waals surface area contributed by atoms with Crippen molar-refractivity contribution >= 4 is 33.4 Å². The molecule has 1 amide bonds. The third-order valence-electron chi connectivity index (χ3n) is 3.20. The van der Waals surface area contributed by atoms with Crippen molar-refractivity contribution in [2.45, 2.75) is 42.1 Å². The lowest BCUT2D eigenvalue weighted by Gasteiger charge is -2.14. The van der Waals surface area contributed by atoms with E-state index in [1.807, 2.05) is 18.4 Å². The van der Waals surface area contributed by atoms with Gasteiger partial charge in [0.1, 0.15) is 6.33 Å². The summed E-state index contributed by atoms with van der Waals surface area (Å²) in [5.41, 5.74) is 0.491. The van der Waals surface area contributed by atoms with Crippen molar-refractivity contribution in [1.82, 2.24) is 14.8 Å². The Balaban J connectivity index is 2.02. The van der Waals surface area contributed by atoms with Crippen LogP contribution < -0.4 is 10.5 Å². The average molecular weight is 369 g/mol. The van der Waals surface area contributed by atoms with Gasteiger partial charge in [-0.2, -0.15) is 0 Å². The second-order valence-electron chi connectivity index (χ2n) is 5.43. The number of nitrogens with zero attached hydrogens (tertiary/aromatic N) is 3. The highest BCUT2D eigenvalue weighted by atomic mass is 32.2. The van der Waals surface area contributed by atoms with E-state index in [2.05, 4.69) is 15.5 Å². The van der Waals surface area contributed by atoms with E-state index in [9.17, 15) is 13.2 Å². The molecule has 3 N–H and O–H groups in total. The molecule has 130 valence electrons. The minimum absolute atomic E-state index is 0.00652. The van der Waals surface area contributed by atoms with Gasteiger partial charge in [0.25, 0.3) is 0 Å². The molecule has 0 aliphatic rings. The zero-order valence-corrected chi connectivity index (χ0v) is 15.1. The molecular weight excluding hydrogens is 350 g/mol. The van der Waals surface area contributed by atoms with Gasteiger partial charge in [0.2, 0.25) is 15.9 Å². The molecule has 0 radical (unpaired) electrons. The van der Waals surface area contributed by atoms with Crippen LogP contribution in [0.15, 0.2) is 40.6 Å². The van der Waals surface area contributed by atoms with E-state index in [0.29, 0.717) is 10.8 Å². The summed E-state index contributed by atoms with van der Waals surface area (Å²) in [5.74, 6) is -0.221. The first kappa shape index (κ1) is 18.4. The first-order valence-corrected chi connectivity index (χ1v) is 9.61. The number of aromatic nitrogens is 3. The average Bonchev–Trinajstić information content (AvgIpc) is 2.95. The van der Waals surface area contributed by atoms with Gasteiger partial charge < -0.3 is 9.88 Å². The normalized spacial score (nSPS) is 13.0. The van der Waals surface area contributed by atoms with Crippen LogP contribution in [0.25, 0.3) is 0 Å². The van der Waals surface area contributed by atoms with E-state index >= 15 is 0 Å². The van der Waals surface area contributed by atoms with E-state index in [0.717, 1.165) is 0 Å². The molecule has 0 bridgehead atoms. The summed E-state index contributed by atoms with van der Waals surface area (Å²) in [7, 11) is -3.75. The molecule has 2 rings (SSSR count). The Kier molecular flexibility index (Phi) is 5.62. The predicted molar refractivity (Wildman–Crippen MR) is 92.2 cm³/mol. The van der Waals surface area contributed by atoms with Crippen LogP contribution in [0.5, 0.6) is 0 Å². The largest absolute Gasteiger partial charge is 0.325 e. The van der Waals surface area contributed by atoms with Gasteiger partial charge in [0.15, 0.2) is 5.16 Å². The number of nitrogens with two attached hydrogens (primary N) is 1. The molecule has 2 aromatic rings. The van der Waals surface area contributed by atoms with E-state index in [1.165, 1.54) is 36.0 Å². The van der Waals surface area contributed by atoms with Crippen LogP contribution in [-0.2, 0) is 14.8 Å². The Hall–Kier alpha value is -1.91. The number of amides is 1. The molecule has 1 atom stereocenters. The van der Waals surface area contributed by atoms with Gasteiger partial charge in [-0.3, -0.25) is 4.79 Å². The van der Waals surface area contributed by atoms with Crippen LogP contribution in [0.1, 0.15) is 26.8 Å². The lowest BCUT2D eigenvalue weighted by atomic mass is 10.3. The van der Waals surface area contributed by atoms with Gasteiger partial charge in [-0.15, -0.1) is 10.2 Å². The fourth-order valence-electron chi connectivity index (χ4n) is 1.85. The van der Waals surface area contributed by atoms with Crippen molar-refractivity contribution in [1.29, 1.82) is 0 Å². The Morgan fingerprint density at radius 2 is 1.88 bits per heavy atom. The molecule has 8 nitrogen and oxygen atoms in total. The lowest BCUT2D eigenvalue weighted by Crippen LogP contribution is -2.23. The predicted octanol–water partition coefficient (Wildman–Crippen LogP) is 1.63. The van der Waals surface area contributed by atoms with Crippen molar-refractivity contribution < 1.29 is 13.2 Å². The topological polar surface area (TPSA) is 120 Å². The van der Waals surface area contributed by atoms with E-state index in [1.54, 1.807) is 13.3 Å². The van der Waals surface area contributed by atoms with Crippen molar-refractivity contribution in [3.63, 3.8) is 0 Å². The molecule has 1 aromatic carbocycles.